The van der Waals surface area contributed by atoms with E-state index in [9.17, 15) is 19.8 Å². The smallest absolute Gasteiger partial charge is 0.300 e. The first kappa shape index (κ1) is 23.6. The van der Waals surface area contributed by atoms with Gasteiger partial charge in [0, 0.05) is 11.3 Å². The summed E-state index contributed by atoms with van der Waals surface area (Å²) in [6.07, 6.45) is 0.854. The number of aliphatic hydroxyl groups is 1. The molecule has 0 bridgehead atoms. The molecule has 0 saturated carbocycles. The van der Waals surface area contributed by atoms with Crippen LogP contribution in [0.5, 0.6) is 11.5 Å². The van der Waals surface area contributed by atoms with E-state index in [4.69, 9.17) is 10.00 Å². The van der Waals surface area contributed by atoms with Crippen molar-refractivity contribution in [3.63, 3.8) is 0 Å². The van der Waals surface area contributed by atoms with Gasteiger partial charge in [-0.25, -0.2) is 0 Å². The van der Waals surface area contributed by atoms with Crippen molar-refractivity contribution in [1.82, 2.24) is 0 Å². The fraction of sp³-hybridized carbons (Fsp3) is 0.179. The normalized spacial score (nSPS) is 16.8. The number of aliphatic hydroxyl groups excluding tert-OH is 1. The molecule has 1 atom stereocenters. The van der Waals surface area contributed by atoms with Crippen LogP contribution in [0, 0.1) is 18.3 Å². The minimum Gasteiger partial charge on any atom is -0.508 e. The number of Topliss-reactive ketones (excluding diaryl/α,β-unsaturated/α-hetero) is 1. The summed E-state index contributed by atoms with van der Waals surface area (Å²) in [7, 11) is 0. The number of phenols is 1. The predicted octanol–water partition coefficient (Wildman–Crippen LogP) is 4.99. The van der Waals surface area contributed by atoms with E-state index in [1.165, 1.54) is 17.0 Å². The zero-order valence-corrected chi connectivity index (χ0v) is 19.4. The number of nitrogens with zero attached hydrogens (tertiary/aromatic N) is 2. The molecule has 1 aliphatic rings. The summed E-state index contributed by atoms with van der Waals surface area (Å²) in [5, 5.41) is 30.2. The van der Waals surface area contributed by atoms with Gasteiger partial charge in [-0.15, -0.1) is 0 Å². The van der Waals surface area contributed by atoms with Gasteiger partial charge in [-0.3, -0.25) is 14.5 Å². The number of phenolic OH excluding ortho intramolecular Hbond substituents is 1. The van der Waals surface area contributed by atoms with Crippen molar-refractivity contribution < 1.29 is 24.5 Å². The Labute approximate surface area is 203 Å². The molecular weight excluding hydrogens is 444 g/mol. The van der Waals surface area contributed by atoms with Crippen molar-refractivity contribution in [1.29, 1.82) is 5.26 Å². The van der Waals surface area contributed by atoms with Gasteiger partial charge in [0.05, 0.1) is 29.9 Å². The quantitative estimate of drug-likeness (QED) is 0.300. The van der Waals surface area contributed by atoms with Gasteiger partial charge in [0.1, 0.15) is 17.3 Å². The fourth-order valence-electron chi connectivity index (χ4n) is 4.09. The van der Waals surface area contributed by atoms with E-state index < -0.39 is 17.7 Å². The number of benzene rings is 3. The SMILES string of the molecule is CCCOc1ccc(/C(O)=C2/C(=O)C(=O)N(c3ccc(C#N)cc3)C2c2ccc(O)cc2)cc1C. The van der Waals surface area contributed by atoms with E-state index in [0.29, 0.717) is 34.7 Å². The highest BCUT2D eigenvalue weighted by molar-refractivity contribution is 6.51. The first-order chi connectivity index (χ1) is 16.8. The minimum atomic E-state index is -0.931. The summed E-state index contributed by atoms with van der Waals surface area (Å²) in [4.78, 5) is 27.7. The average Bonchev–Trinajstić information content (AvgIpc) is 3.13. The third-order valence-corrected chi connectivity index (χ3v) is 5.84. The molecule has 4 rings (SSSR count). The monoisotopic (exact) mass is 468 g/mol. The lowest BCUT2D eigenvalue weighted by atomic mass is 9.94. The van der Waals surface area contributed by atoms with Gasteiger partial charge in [0.15, 0.2) is 0 Å². The average molecular weight is 469 g/mol. The molecule has 1 unspecified atom stereocenters. The van der Waals surface area contributed by atoms with Crippen LogP contribution in [0.3, 0.4) is 0 Å². The molecule has 0 spiro atoms. The maximum atomic E-state index is 13.2. The lowest BCUT2D eigenvalue weighted by molar-refractivity contribution is -0.132. The summed E-state index contributed by atoms with van der Waals surface area (Å²) < 4.78 is 5.71. The summed E-state index contributed by atoms with van der Waals surface area (Å²) in [5.74, 6) is -1.22. The van der Waals surface area contributed by atoms with Crippen LogP contribution in [0.25, 0.3) is 5.76 Å². The number of nitriles is 1. The Morgan fingerprint density at radius 2 is 1.74 bits per heavy atom. The van der Waals surface area contributed by atoms with E-state index in [1.54, 1.807) is 54.6 Å². The van der Waals surface area contributed by atoms with Crippen LogP contribution in [0.15, 0.2) is 72.3 Å². The van der Waals surface area contributed by atoms with Gasteiger partial charge in [-0.2, -0.15) is 5.26 Å². The molecule has 7 heteroatoms. The van der Waals surface area contributed by atoms with Crippen molar-refractivity contribution in [2.45, 2.75) is 26.3 Å². The molecule has 0 aliphatic carbocycles. The van der Waals surface area contributed by atoms with Crippen LogP contribution in [-0.2, 0) is 9.59 Å². The van der Waals surface area contributed by atoms with E-state index in [1.807, 2.05) is 19.9 Å². The van der Waals surface area contributed by atoms with Crippen LogP contribution in [-0.4, -0.2) is 28.5 Å². The molecule has 1 aliphatic heterocycles. The lowest BCUT2D eigenvalue weighted by Gasteiger charge is -2.25. The van der Waals surface area contributed by atoms with Crippen LogP contribution in [0.1, 0.15) is 41.6 Å². The maximum absolute atomic E-state index is 13.2. The topological polar surface area (TPSA) is 111 Å². The zero-order valence-electron chi connectivity index (χ0n) is 19.4. The molecule has 176 valence electrons. The van der Waals surface area contributed by atoms with Gasteiger partial charge >= 0.3 is 0 Å². The number of hydrogen-bond acceptors (Lipinski definition) is 6. The van der Waals surface area contributed by atoms with Gasteiger partial charge in [0.25, 0.3) is 11.7 Å². The van der Waals surface area contributed by atoms with Crippen molar-refractivity contribution in [2.24, 2.45) is 0 Å². The highest BCUT2D eigenvalue weighted by Crippen LogP contribution is 2.42. The predicted molar refractivity (Wildman–Crippen MR) is 131 cm³/mol. The molecule has 2 N–H and O–H groups in total. The van der Waals surface area contributed by atoms with Crippen LogP contribution in [0.4, 0.5) is 5.69 Å². The van der Waals surface area contributed by atoms with E-state index in [-0.39, 0.29) is 17.1 Å². The number of aromatic hydroxyl groups is 1. The highest BCUT2D eigenvalue weighted by atomic mass is 16.5. The number of anilines is 1. The molecule has 1 heterocycles. The molecule has 0 radical (unpaired) electrons. The number of amides is 1. The molecule has 0 aromatic heterocycles. The Bertz CT molecular complexity index is 1350. The summed E-state index contributed by atoms with van der Waals surface area (Å²) >= 11 is 0. The lowest BCUT2D eigenvalue weighted by Crippen LogP contribution is -2.29. The first-order valence-electron chi connectivity index (χ1n) is 11.2. The molecule has 7 nitrogen and oxygen atoms in total. The van der Waals surface area contributed by atoms with Gasteiger partial charge in [-0.1, -0.05) is 19.1 Å². The summed E-state index contributed by atoms with van der Waals surface area (Å²) in [6, 6.07) is 18.6. The third-order valence-electron chi connectivity index (χ3n) is 5.84. The number of rotatable bonds is 6. The molecule has 1 fully saturated rings. The second-order valence-electron chi connectivity index (χ2n) is 8.25. The largest absolute Gasteiger partial charge is 0.508 e. The van der Waals surface area contributed by atoms with Crippen molar-refractivity contribution >= 4 is 23.1 Å². The zero-order chi connectivity index (χ0) is 25.1. The second kappa shape index (κ2) is 9.74. The Hall–Kier alpha value is -4.57. The minimum absolute atomic E-state index is 0.0300. The molecule has 3 aromatic rings. The van der Waals surface area contributed by atoms with Crippen molar-refractivity contribution in [3.8, 4) is 17.6 Å². The number of carbonyl (C=O) groups is 2. The molecular formula is C28H24N2O5. The number of ketones is 1. The van der Waals surface area contributed by atoms with Crippen LogP contribution in [0.2, 0.25) is 0 Å². The molecule has 1 saturated heterocycles. The maximum Gasteiger partial charge on any atom is 0.300 e. The second-order valence-corrected chi connectivity index (χ2v) is 8.25. The van der Waals surface area contributed by atoms with Gasteiger partial charge in [-0.05, 0) is 79.1 Å². The number of hydrogen-bond donors (Lipinski definition) is 2. The Morgan fingerprint density at radius 3 is 2.34 bits per heavy atom. The van der Waals surface area contributed by atoms with E-state index >= 15 is 0 Å². The Balaban J connectivity index is 1.86. The van der Waals surface area contributed by atoms with E-state index in [2.05, 4.69) is 0 Å². The Kier molecular flexibility index (Phi) is 6.56. The number of ether oxygens (including phenoxy) is 1. The van der Waals surface area contributed by atoms with Crippen LogP contribution < -0.4 is 9.64 Å². The standard InChI is InChI=1S/C28H24N2O5/c1-3-14-35-23-13-8-20(15-17(23)2)26(32)24-25(19-6-11-22(31)12-7-19)30(28(34)27(24)33)21-9-4-18(16-29)5-10-21/h4-13,15,25,31-32H,3,14H2,1-2H3/b26-24-. The number of aryl methyl sites for hydroxylation is 1. The third kappa shape index (κ3) is 4.46. The molecule has 1 amide bonds. The van der Waals surface area contributed by atoms with E-state index in [0.717, 1.165) is 12.0 Å². The molecule has 3 aromatic carbocycles. The fourth-order valence-corrected chi connectivity index (χ4v) is 4.09. The molecule has 35 heavy (non-hydrogen) atoms. The van der Waals surface area contributed by atoms with Gasteiger partial charge in [0.2, 0.25) is 0 Å². The summed E-state index contributed by atoms with van der Waals surface area (Å²) in [5.41, 5.74) is 2.45. The van der Waals surface area contributed by atoms with Crippen LogP contribution >= 0.6 is 0 Å². The first-order valence-corrected chi connectivity index (χ1v) is 11.2. The highest BCUT2D eigenvalue weighted by Gasteiger charge is 2.47. The van der Waals surface area contributed by atoms with Gasteiger partial charge < -0.3 is 14.9 Å². The van der Waals surface area contributed by atoms with Crippen molar-refractivity contribution in [3.05, 3.63) is 94.6 Å². The number of carbonyl (C=O) groups excluding carboxylic acids is 2. The Morgan fingerprint density at radius 1 is 1.06 bits per heavy atom. The van der Waals surface area contributed by atoms with Crippen molar-refractivity contribution in [2.75, 3.05) is 11.5 Å². The summed E-state index contributed by atoms with van der Waals surface area (Å²) in [6.45, 7) is 4.41.